The number of nitrogens with one attached hydrogen (secondary N) is 1. The molecule has 2 heterocycles. The van der Waals surface area contributed by atoms with Gasteiger partial charge in [0.05, 0.1) is 11.9 Å². The summed E-state index contributed by atoms with van der Waals surface area (Å²) in [7, 11) is 0. The van der Waals surface area contributed by atoms with E-state index in [-0.39, 0.29) is 0 Å². The summed E-state index contributed by atoms with van der Waals surface area (Å²) in [6.07, 6.45) is 7.51. The SMILES string of the molecule is c1ccc(CCc2ccccc2-c2ncc(-c3cccnc3)[nH]2)cc1. The van der Waals surface area contributed by atoms with Gasteiger partial charge in [0.15, 0.2) is 0 Å². The highest BCUT2D eigenvalue weighted by atomic mass is 14.9. The molecule has 1 N–H and O–H groups in total. The first kappa shape index (κ1) is 15.3. The van der Waals surface area contributed by atoms with E-state index >= 15 is 0 Å². The molecule has 0 atom stereocenters. The van der Waals surface area contributed by atoms with Crippen molar-refractivity contribution in [3.63, 3.8) is 0 Å². The highest BCUT2D eigenvalue weighted by molar-refractivity contribution is 5.66. The molecule has 0 saturated heterocycles. The first-order chi connectivity index (χ1) is 12.4. The lowest BCUT2D eigenvalue weighted by atomic mass is 9.99. The zero-order valence-electron chi connectivity index (χ0n) is 13.9. The van der Waals surface area contributed by atoms with Crippen molar-refractivity contribution in [2.24, 2.45) is 0 Å². The van der Waals surface area contributed by atoms with Gasteiger partial charge in [-0.1, -0.05) is 54.6 Å². The molecule has 3 nitrogen and oxygen atoms in total. The predicted molar refractivity (Wildman–Crippen MR) is 101 cm³/mol. The lowest BCUT2D eigenvalue weighted by molar-refractivity contribution is 0.959. The summed E-state index contributed by atoms with van der Waals surface area (Å²) < 4.78 is 0. The molecule has 0 aliphatic rings. The second-order valence-electron chi connectivity index (χ2n) is 6.03. The summed E-state index contributed by atoms with van der Waals surface area (Å²) >= 11 is 0. The number of aromatic amines is 1. The van der Waals surface area contributed by atoms with Crippen molar-refractivity contribution in [1.82, 2.24) is 15.0 Å². The highest BCUT2D eigenvalue weighted by Crippen LogP contribution is 2.25. The van der Waals surface area contributed by atoms with Crippen LogP contribution in [0.15, 0.2) is 85.3 Å². The zero-order valence-corrected chi connectivity index (χ0v) is 13.9. The van der Waals surface area contributed by atoms with Crippen molar-refractivity contribution in [3.05, 3.63) is 96.4 Å². The number of hydrogen-bond donors (Lipinski definition) is 1. The number of pyridine rings is 1. The van der Waals surface area contributed by atoms with E-state index in [2.05, 4.69) is 69.5 Å². The number of nitrogens with zero attached hydrogens (tertiary/aromatic N) is 2. The molecule has 0 fully saturated rings. The molecule has 0 radical (unpaired) electrons. The molecule has 0 aliphatic heterocycles. The Morgan fingerprint density at radius 2 is 1.60 bits per heavy atom. The van der Waals surface area contributed by atoms with Crippen molar-refractivity contribution >= 4 is 0 Å². The second-order valence-corrected chi connectivity index (χ2v) is 6.03. The molecular weight excluding hydrogens is 306 g/mol. The first-order valence-electron chi connectivity index (χ1n) is 8.48. The van der Waals surface area contributed by atoms with Crippen LogP contribution in [-0.2, 0) is 12.8 Å². The molecular formula is C22H19N3. The van der Waals surface area contributed by atoms with Gasteiger partial charge in [0.25, 0.3) is 0 Å². The summed E-state index contributed by atoms with van der Waals surface area (Å²) in [5.74, 6) is 0.905. The number of hydrogen-bond acceptors (Lipinski definition) is 2. The average Bonchev–Trinajstić information content (AvgIpc) is 3.18. The molecule has 0 spiro atoms. The first-order valence-corrected chi connectivity index (χ1v) is 8.48. The third-order valence-corrected chi connectivity index (χ3v) is 4.35. The van der Waals surface area contributed by atoms with Gasteiger partial charge in [-0.3, -0.25) is 4.98 Å². The second kappa shape index (κ2) is 7.14. The number of H-pyrrole nitrogens is 1. The molecule has 122 valence electrons. The molecule has 0 amide bonds. The molecule has 2 aromatic carbocycles. The van der Waals surface area contributed by atoms with Crippen LogP contribution in [0.5, 0.6) is 0 Å². The Morgan fingerprint density at radius 3 is 2.44 bits per heavy atom. The minimum Gasteiger partial charge on any atom is -0.338 e. The average molecular weight is 325 g/mol. The Morgan fingerprint density at radius 1 is 0.760 bits per heavy atom. The summed E-state index contributed by atoms with van der Waals surface area (Å²) in [4.78, 5) is 12.2. The van der Waals surface area contributed by atoms with Crippen molar-refractivity contribution < 1.29 is 0 Å². The van der Waals surface area contributed by atoms with E-state index in [9.17, 15) is 0 Å². The molecule has 0 saturated carbocycles. The van der Waals surface area contributed by atoms with Crippen LogP contribution >= 0.6 is 0 Å². The number of imidazole rings is 1. The molecule has 0 unspecified atom stereocenters. The van der Waals surface area contributed by atoms with Crippen LogP contribution in [0.2, 0.25) is 0 Å². The van der Waals surface area contributed by atoms with Gasteiger partial charge in [-0.15, -0.1) is 0 Å². The molecule has 25 heavy (non-hydrogen) atoms. The van der Waals surface area contributed by atoms with E-state index in [1.807, 2.05) is 24.5 Å². The van der Waals surface area contributed by atoms with E-state index < -0.39 is 0 Å². The van der Waals surface area contributed by atoms with Crippen LogP contribution in [0.4, 0.5) is 0 Å². The smallest absolute Gasteiger partial charge is 0.138 e. The Bertz CT molecular complexity index is 943. The van der Waals surface area contributed by atoms with Crippen molar-refractivity contribution in [1.29, 1.82) is 0 Å². The third-order valence-electron chi connectivity index (χ3n) is 4.35. The van der Waals surface area contributed by atoms with Crippen molar-refractivity contribution in [2.45, 2.75) is 12.8 Å². The zero-order chi connectivity index (χ0) is 16.9. The van der Waals surface area contributed by atoms with Gasteiger partial charge in [0.1, 0.15) is 5.82 Å². The topological polar surface area (TPSA) is 41.6 Å². The predicted octanol–water partition coefficient (Wildman–Crippen LogP) is 4.92. The number of benzene rings is 2. The van der Waals surface area contributed by atoms with Crippen LogP contribution in [-0.4, -0.2) is 15.0 Å². The summed E-state index contributed by atoms with van der Waals surface area (Å²) in [5.41, 5.74) is 5.85. The van der Waals surface area contributed by atoms with Gasteiger partial charge in [0.2, 0.25) is 0 Å². The van der Waals surface area contributed by atoms with Crippen molar-refractivity contribution in [2.75, 3.05) is 0 Å². The fourth-order valence-corrected chi connectivity index (χ4v) is 3.02. The van der Waals surface area contributed by atoms with Crippen LogP contribution in [0.1, 0.15) is 11.1 Å². The molecule has 4 rings (SSSR count). The maximum Gasteiger partial charge on any atom is 0.138 e. The summed E-state index contributed by atoms with van der Waals surface area (Å²) in [6.45, 7) is 0. The molecule has 0 aliphatic carbocycles. The fourth-order valence-electron chi connectivity index (χ4n) is 3.02. The minimum absolute atomic E-state index is 0.905. The molecule has 2 aromatic heterocycles. The van der Waals surface area contributed by atoms with E-state index in [0.29, 0.717) is 0 Å². The Labute approximate surface area is 147 Å². The lowest BCUT2D eigenvalue weighted by Gasteiger charge is -2.07. The number of rotatable bonds is 5. The van der Waals surface area contributed by atoms with E-state index in [0.717, 1.165) is 35.5 Å². The van der Waals surface area contributed by atoms with E-state index in [4.69, 9.17) is 0 Å². The standard InChI is InChI=1S/C22H19N3/c1-2-7-17(8-3-1)12-13-18-9-4-5-11-20(18)22-24-16-21(25-22)19-10-6-14-23-15-19/h1-11,14-16H,12-13H2,(H,24,25). The van der Waals surface area contributed by atoms with Gasteiger partial charge < -0.3 is 4.98 Å². The quantitative estimate of drug-likeness (QED) is 0.565. The van der Waals surface area contributed by atoms with Crippen LogP contribution < -0.4 is 0 Å². The van der Waals surface area contributed by atoms with Crippen LogP contribution in [0.3, 0.4) is 0 Å². The summed E-state index contributed by atoms with van der Waals surface area (Å²) in [5, 5.41) is 0. The maximum atomic E-state index is 4.60. The Hall–Kier alpha value is -3.20. The normalized spacial score (nSPS) is 10.7. The number of aromatic nitrogens is 3. The molecule has 0 bridgehead atoms. The Kier molecular flexibility index (Phi) is 4.38. The monoisotopic (exact) mass is 325 g/mol. The van der Waals surface area contributed by atoms with Crippen molar-refractivity contribution in [3.8, 4) is 22.6 Å². The largest absolute Gasteiger partial charge is 0.338 e. The minimum atomic E-state index is 0.905. The van der Waals surface area contributed by atoms with Gasteiger partial charge in [-0.2, -0.15) is 0 Å². The fraction of sp³-hybridized carbons (Fsp3) is 0.0909. The van der Waals surface area contributed by atoms with Gasteiger partial charge in [-0.25, -0.2) is 4.98 Å². The van der Waals surface area contributed by atoms with E-state index in [1.54, 1.807) is 6.20 Å². The highest BCUT2D eigenvalue weighted by Gasteiger charge is 2.09. The molecule has 4 aromatic rings. The maximum absolute atomic E-state index is 4.60. The van der Waals surface area contributed by atoms with Crippen LogP contribution in [0, 0.1) is 0 Å². The Balaban J connectivity index is 1.60. The van der Waals surface area contributed by atoms with Gasteiger partial charge in [-0.05, 0) is 36.1 Å². The van der Waals surface area contributed by atoms with Gasteiger partial charge >= 0.3 is 0 Å². The molecule has 3 heteroatoms. The lowest BCUT2D eigenvalue weighted by Crippen LogP contribution is -1.95. The summed E-state index contributed by atoms with van der Waals surface area (Å²) in [6, 6.07) is 23.0. The van der Waals surface area contributed by atoms with E-state index in [1.165, 1.54) is 11.1 Å². The van der Waals surface area contributed by atoms with Crippen LogP contribution in [0.25, 0.3) is 22.6 Å². The third kappa shape index (κ3) is 3.50. The number of aryl methyl sites for hydroxylation is 2. The van der Waals surface area contributed by atoms with Gasteiger partial charge in [0, 0.05) is 23.5 Å².